The van der Waals surface area contributed by atoms with Gasteiger partial charge in [-0.05, 0) is 64.4 Å². The number of H-pyrrole nitrogens is 1. The number of carboxylic acids is 1. The summed E-state index contributed by atoms with van der Waals surface area (Å²) in [6.45, 7) is 8.14. The Kier molecular flexibility index (Phi) is 4.98. The van der Waals surface area contributed by atoms with Gasteiger partial charge >= 0.3 is 5.97 Å². The van der Waals surface area contributed by atoms with Crippen LogP contribution < -0.4 is 5.32 Å². The van der Waals surface area contributed by atoms with E-state index in [4.69, 9.17) is 0 Å². The molecule has 5 N–H and O–H groups in total. The Morgan fingerprint density at radius 2 is 1.67 bits per heavy atom. The molecule has 0 aliphatic carbocycles. The van der Waals surface area contributed by atoms with Crippen molar-refractivity contribution < 1.29 is 20.1 Å². The lowest BCUT2D eigenvalue weighted by Gasteiger charge is -2.31. The van der Waals surface area contributed by atoms with Crippen LogP contribution in [0.4, 0.5) is 0 Å². The SMILES string of the molecule is CC(C)c1cc([C@H]2N[C@@H](C(=O)O)Cc3c2[nH]c2ccc(O)cc32)cc(C(C)C)c1O. The third-order valence-corrected chi connectivity index (χ3v) is 6.05. The standard InChI is InChI=1S/C24H28N2O4/c1-11(2)15-7-13(8-16(12(3)4)23(15)28)21-22-18(10-20(26-21)24(29)30)17-9-14(27)5-6-19(17)25-22/h5-9,11-12,20-21,25-28H,10H2,1-4H3,(H,29,30)/t20-,21-/m1/s1. The smallest absolute Gasteiger partial charge is 0.321 e. The molecule has 0 bridgehead atoms. The highest BCUT2D eigenvalue weighted by molar-refractivity contribution is 5.88. The van der Waals surface area contributed by atoms with Crippen LogP contribution in [0.5, 0.6) is 11.5 Å². The number of phenols is 2. The molecular formula is C24H28N2O4. The Morgan fingerprint density at radius 1 is 1.03 bits per heavy atom. The summed E-state index contributed by atoms with van der Waals surface area (Å²) in [4.78, 5) is 15.3. The molecule has 158 valence electrons. The highest BCUT2D eigenvalue weighted by Crippen LogP contribution is 2.41. The summed E-state index contributed by atoms with van der Waals surface area (Å²) < 4.78 is 0. The Labute approximate surface area is 175 Å². The zero-order valence-electron chi connectivity index (χ0n) is 17.7. The van der Waals surface area contributed by atoms with Crippen LogP contribution in [-0.4, -0.2) is 32.3 Å². The molecule has 6 nitrogen and oxygen atoms in total. The van der Waals surface area contributed by atoms with E-state index in [1.807, 2.05) is 45.9 Å². The molecule has 0 saturated carbocycles. The Morgan fingerprint density at radius 3 is 2.23 bits per heavy atom. The number of aromatic amines is 1. The van der Waals surface area contributed by atoms with Crippen molar-refractivity contribution >= 4 is 16.9 Å². The molecule has 30 heavy (non-hydrogen) atoms. The van der Waals surface area contributed by atoms with E-state index < -0.39 is 12.0 Å². The van der Waals surface area contributed by atoms with E-state index in [-0.39, 0.29) is 23.6 Å². The molecule has 2 heterocycles. The number of carbonyl (C=O) groups is 1. The molecule has 1 aliphatic heterocycles. The third kappa shape index (κ3) is 3.31. The number of carboxylic acid groups (broad SMARTS) is 1. The zero-order valence-corrected chi connectivity index (χ0v) is 17.7. The molecule has 1 aromatic heterocycles. The van der Waals surface area contributed by atoms with E-state index in [2.05, 4.69) is 10.3 Å². The summed E-state index contributed by atoms with van der Waals surface area (Å²) in [6, 6.07) is 7.95. The van der Waals surface area contributed by atoms with Gasteiger partial charge in [-0.1, -0.05) is 27.7 Å². The minimum atomic E-state index is -0.910. The fraction of sp³-hybridized carbons (Fsp3) is 0.375. The van der Waals surface area contributed by atoms with Gasteiger partial charge in [-0.15, -0.1) is 0 Å². The average Bonchev–Trinajstić information content (AvgIpc) is 3.04. The van der Waals surface area contributed by atoms with Gasteiger partial charge in [0, 0.05) is 23.0 Å². The van der Waals surface area contributed by atoms with Gasteiger partial charge in [0.25, 0.3) is 0 Å². The van der Waals surface area contributed by atoms with Gasteiger partial charge in [-0.25, -0.2) is 0 Å². The summed E-state index contributed by atoms with van der Waals surface area (Å²) >= 11 is 0. The van der Waals surface area contributed by atoms with E-state index in [0.717, 1.165) is 38.9 Å². The number of benzene rings is 2. The molecule has 3 aromatic rings. The van der Waals surface area contributed by atoms with Crippen molar-refractivity contribution in [2.75, 3.05) is 0 Å². The van der Waals surface area contributed by atoms with Crippen molar-refractivity contribution in [3.63, 3.8) is 0 Å². The molecule has 2 atom stereocenters. The van der Waals surface area contributed by atoms with E-state index in [0.29, 0.717) is 12.2 Å². The summed E-state index contributed by atoms with van der Waals surface area (Å²) in [6.07, 6.45) is 0.330. The highest BCUT2D eigenvalue weighted by Gasteiger charge is 2.34. The van der Waals surface area contributed by atoms with E-state index in [9.17, 15) is 20.1 Å². The van der Waals surface area contributed by atoms with Gasteiger partial charge < -0.3 is 20.3 Å². The van der Waals surface area contributed by atoms with Crippen molar-refractivity contribution in [1.82, 2.24) is 10.3 Å². The zero-order chi connectivity index (χ0) is 21.7. The van der Waals surface area contributed by atoms with E-state index in [1.165, 1.54) is 0 Å². The average molecular weight is 408 g/mol. The Balaban J connectivity index is 1.95. The van der Waals surface area contributed by atoms with E-state index in [1.54, 1.807) is 12.1 Å². The van der Waals surface area contributed by atoms with Crippen LogP contribution in [0, 0.1) is 0 Å². The molecule has 0 amide bonds. The molecule has 0 saturated heterocycles. The maximum Gasteiger partial charge on any atom is 0.321 e. The van der Waals surface area contributed by atoms with Gasteiger partial charge in [-0.3, -0.25) is 10.1 Å². The molecule has 2 aromatic carbocycles. The van der Waals surface area contributed by atoms with Crippen molar-refractivity contribution in [3.05, 3.63) is 58.3 Å². The lowest BCUT2D eigenvalue weighted by atomic mass is 9.85. The Hall–Kier alpha value is -2.99. The third-order valence-electron chi connectivity index (χ3n) is 6.05. The number of aliphatic carboxylic acids is 1. The first-order valence-corrected chi connectivity index (χ1v) is 10.4. The number of nitrogens with one attached hydrogen (secondary N) is 2. The quantitative estimate of drug-likeness (QED) is 0.437. The molecule has 0 fully saturated rings. The summed E-state index contributed by atoms with van der Waals surface area (Å²) in [5, 5.41) is 34.6. The number of hydrogen-bond donors (Lipinski definition) is 5. The molecule has 0 radical (unpaired) electrons. The normalized spacial score (nSPS) is 18.9. The predicted molar refractivity (Wildman–Crippen MR) is 116 cm³/mol. The van der Waals surface area contributed by atoms with Gasteiger partial charge in [0.1, 0.15) is 17.5 Å². The summed E-state index contributed by atoms with van der Waals surface area (Å²) in [7, 11) is 0. The maximum atomic E-state index is 11.9. The van der Waals surface area contributed by atoms with Crippen LogP contribution in [-0.2, 0) is 11.2 Å². The highest BCUT2D eigenvalue weighted by atomic mass is 16.4. The van der Waals surface area contributed by atoms with Crippen LogP contribution >= 0.6 is 0 Å². The van der Waals surface area contributed by atoms with Crippen molar-refractivity contribution in [2.45, 2.75) is 58.0 Å². The molecule has 0 spiro atoms. The minimum Gasteiger partial charge on any atom is -0.508 e. The number of fused-ring (bicyclic) bond motifs is 3. The van der Waals surface area contributed by atoms with Gasteiger partial charge in [0.15, 0.2) is 0 Å². The lowest BCUT2D eigenvalue weighted by molar-refractivity contribution is -0.139. The van der Waals surface area contributed by atoms with Crippen LogP contribution in [0.2, 0.25) is 0 Å². The fourth-order valence-electron chi connectivity index (χ4n) is 4.44. The van der Waals surface area contributed by atoms with Crippen LogP contribution in [0.1, 0.15) is 73.5 Å². The second-order valence-corrected chi connectivity index (χ2v) is 8.80. The first-order valence-electron chi connectivity index (χ1n) is 10.4. The molecule has 1 aliphatic rings. The van der Waals surface area contributed by atoms with Crippen molar-refractivity contribution in [2.24, 2.45) is 0 Å². The van der Waals surface area contributed by atoms with E-state index >= 15 is 0 Å². The van der Waals surface area contributed by atoms with Crippen molar-refractivity contribution in [1.29, 1.82) is 0 Å². The fourth-order valence-corrected chi connectivity index (χ4v) is 4.44. The van der Waals surface area contributed by atoms with Gasteiger partial charge in [-0.2, -0.15) is 0 Å². The topological polar surface area (TPSA) is 106 Å². The molecule has 4 rings (SSSR count). The summed E-state index contributed by atoms with van der Waals surface area (Å²) in [5.41, 5.74) is 5.30. The van der Waals surface area contributed by atoms with Gasteiger partial charge in [0.2, 0.25) is 0 Å². The van der Waals surface area contributed by atoms with Crippen molar-refractivity contribution in [3.8, 4) is 11.5 Å². The number of hydrogen-bond acceptors (Lipinski definition) is 4. The van der Waals surface area contributed by atoms with Gasteiger partial charge in [0.05, 0.1) is 6.04 Å². The molecular weight excluding hydrogens is 380 g/mol. The van der Waals surface area contributed by atoms with Crippen LogP contribution in [0.25, 0.3) is 10.9 Å². The lowest BCUT2D eigenvalue weighted by Crippen LogP contribution is -2.45. The summed E-state index contributed by atoms with van der Waals surface area (Å²) in [5.74, 6) is -0.191. The number of aromatic nitrogens is 1. The Bertz CT molecular complexity index is 1100. The number of phenolic OH excluding ortho intramolecular Hbond substituents is 2. The second-order valence-electron chi connectivity index (χ2n) is 8.80. The second kappa shape index (κ2) is 7.36. The maximum absolute atomic E-state index is 11.9. The van der Waals surface area contributed by atoms with Crippen LogP contribution in [0.3, 0.4) is 0 Å². The number of rotatable bonds is 4. The largest absolute Gasteiger partial charge is 0.508 e. The minimum absolute atomic E-state index is 0.125. The monoisotopic (exact) mass is 408 g/mol. The molecule has 0 unspecified atom stereocenters. The van der Waals surface area contributed by atoms with Crippen LogP contribution in [0.15, 0.2) is 30.3 Å². The first-order chi connectivity index (χ1) is 14.2. The molecule has 6 heteroatoms. The first kappa shape index (κ1) is 20.3. The predicted octanol–water partition coefficient (Wildman–Crippen LogP) is 4.51. The number of aromatic hydroxyl groups is 2.